The van der Waals surface area contributed by atoms with Crippen molar-refractivity contribution in [2.45, 2.75) is 32.2 Å². The molecule has 0 aromatic heterocycles. The number of nitrogens with one attached hydrogen (secondary N) is 1. The van der Waals surface area contributed by atoms with Crippen molar-refractivity contribution < 1.29 is 17.9 Å². The van der Waals surface area contributed by atoms with Gasteiger partial charge in [0.2, 0.25) is 10.0 Å². The molecule has 130 valence electrons. The minimum Gasteiger partial charge on any atom is -0.496 e. The molecule has 0 bridgehead atoms. The molecular weight excluding hydrogens is 326 g/mol. The van der Waals surface area contributed by atoms with Gasteiger partial charge in [-0.2, -0.15) is 0 Å². The van der Waals surface area contributed by atoms with Gasteiger partial charge in [0, 0.05) is 6.54 Å². The summed E-state index contributed by atoms with van der Waals surface area (Å²) >= 11 is 0. The lowest BCUT2D eigenvalue weighted by Gasteiger charge is -2.13. The van der Waals surface area contributed by atoms with Crippen LogP contribution in [0, 0.1) is 13.8 Å². The molecular formula is C18H23NO4S. The van der Waals surface area contributed by atoms with Crippen LogP contribution in [0.15, 0.2) is 41.3 Å². The monoisotopic (exact) mass is 349 g/mol. The number of benzene rings is 2. The second-order valence-corrected chi connectivity index (χ2v) is 7.23. The van der Waals surface area contributed by atoms with Gasteiger partial charge in [-0.25, -0.2) is 13.1 Å². The first-order valence-corrected chi connectivity index (χ1v) is 9.22. The van der Waals surface area contributed by atoms with Crippen LogP contribution < -0.4 is 14.2 Å². The lowest BCUT2D eigenvalue weighted by molar-refractivity contribution is 0.340. The second kappa shape index (κ2) is 7.68. The van der Waals surface area contributed by atoms with Crippen molar-refractivity contribution in [3.8, 4) is 11.5 Å². The highest BCUT2D eigenvalue weighted by Gasteiger charge is 2.18. The van der Waals surface area contributed by atoms with E-state index < -0.39 is 10.0 Å². The molecule has 0 saturated carbocycles. The molecule has 0 aliphatic heterocycles. The van der Waals surface area contributed by atoms with Gasteiger partial charge in [0.05, 0.1) is 18.6 Å². The third-order valence-corrected chi connectivity index (χ3v) is 5.20. The Hall–Kier alpha value is -2.05. The highest BCUT2D eigenvalue weighted by molar-refractivity contribution is 7.89. The zero-order chi connectivity index (χ0) is 17.7. The van der Waals surface area contributed by atoms with Crippen molar-refractivity contribution >= 4 is 10.0 Å². The zero-order valence-electron chi connectivity index (χ0n) is 14.4. The fourth-order valence-corrected chi connectivity index (χ4v) is 3.77. The molecule has 0 saturated heterocycles. The molecule has 0 spiro atoms. The predicted molar refractivity (Wildman–Crippen MR) is 94.1 cm³/mol. The largest absolute Gasteiger partial charge is 0.496 e. The number of rotatable bonds is 7. The summed E-state index contributed by atoms with van der Waals surface area (Å²) in [6, 6.07) is 10.7. The van der Waals surface area contributed by atoms with Gasteiger partial charge in [0.1, 0.15) is 11.5 Å². The summed E-state index contributed by atoms with van der Waals surface area (Å²) in [6.07, 6.45) is 0. The summed E-state index contributed by atoms with van der Waals surface area (Å²) in [6.45, 7) is 6.26. The Morgan fingerprint density at radius 3 is 2.50 bits per heavy atom. The lowest BCUT2D eigenvalue weighted by atomic mass is 10.1. The Labute approximate surface area is 143 Å². The van der Waals surface area contributed by atoms with Crippen LogP contribution in [-0.4, -0.2) is 22.1 Å². The summed E-state index contributed by atoms with van der Waals surface area (Å²) in [5.41, 5.74) is 2.27. The van der Waals surface area contributed by atoms with E-state index in [9.17, 15) is 8.42 Å². The number of ether oxygens (including phenoxy) is 2. The SMILES string of the molecule is CCOc1cccc(CNS(=O)(=O)c2cc(C)c(OC)cc2C)c1. The van der Waals surface area contributed by atoms with Crippen LogP contribution in [0.3, 0.4) is 0 Å². The van der Waals surface area contributed by atoms with Gasteiger partial charge in [-0.05, 0) is 61.7 Å². The number of aryl methyl sites for hydroxylation is 2. The van der Waals surface area contributed by atoms with E-state index in [1.165, 1.54) is 0 Å². The van der Waals surface area contributed by atoms with E-state index in [0.29, 0.717) is 17.9 Å². The summed E-state index contributed by atoms with van der Waals surface area (Å²) in [4.78, 5) is 0.266. The highest BCUT2D eigenvalue weighted by Crippen LogP contribution is 2.25. The molecule has 0 amide bonds. The third kappa shape index (κ3) is 4.27. The molecule has 1 N–H and O–H groups in total. The van der Waals surface area contributed by atoms with Crippen LogP contribution >= 0.6 is 0 Å². The molecule has 2 rings (SSSR count). The van der Waals surface area contributed by atoms with Gasteiger partial charge in [-0.15, -0.1) is 0 Å². The van der Waals surface area contributed by atoms with Crippen LogP contribution in [0.4, 0.5) is 0 Å². The van der Waals surface area contributed by atoms with Gasteiger partial charge in [-0.1, -0.05) is 12.1 Å². The Bertz CT molecular complexity index is 816. The van der Waals surface area contributed by atoms with E-state index in [1.807, 2.05) is 38.1 Å². The van der Waals surface area contributed by atoms with E-state index in [2.05, 4.69) is 4.72 Å². The summed E-state index contributed by atoms with van der Waals surface area (Å²) in [5.74, 6) is 1.40. The molecule has 0 aliphatic rings. The van der Waals surface area contributed by atoms with E-state index in [-0.39, 0.29) is 11.4 Å². The van der Waals surface area contributed by atoms with Crippen molar-refractivity contribution in [3.63, 3.8) is 0 Å². The van der Waals surface area contributed by atoms with Crippen molar-refractivity contribution in [2.24, 2.45) is 0 Å². The Balaban J connectivity index is 2.20. The van der Waals surface area contributed by atoms with Crippen molar-refractivity contribution in [3.05, 3.63) is 53.1 Å². The van der Waals surface area contributed by atoms with Gasteiger partial charge in [0.15, 0.2) is 0 Å². The minimum absolute atomic E-state index is 0.202. The van der Waals surface area contributed by atoms with E-state index in [4.69, 9.17) is 9.47 Å². The van der Waals surface area contributed by atoms with Crippen LogP contribution in [0.2, 0.25) is 0 Å². The number of methoxy groups -OCH3 is 1. The quantitative estimate of drug-likeness (QED) is 0.834. The summed E-state index contributed by atoms with van der Waals surface area (Å²) in [5, 5.41) is 0. The first-order chi connectivity index (χ1) is 11.4. The van der Waals surface area contributed by atoms with E-state index in [1.54, 1.807) is 26.2 Å². The molecule has 0 aliphatic carbocycles. The van der Waals surface area contributed by atoms with Crippen molar-refractivity contribution in [1.82, 2.24) is 4.72 Å². The molecule has 0 radical (unpaired) electrons. The minimum atomic E-state index is -3.61. The lowest BCUT2D eigenvalue weighted by Crippen LogP contribution is -2.24. The number of hydrogen-bond acceptors (Lipinski definition) is 4. The fraction of sp³-hybridized carbons (Fsp3) is 0.333. The van der Waals surface area contributed by atoms with Crippen molar-refractivity contribution in [2.75, 3.05) is 13.7 Å². The van der Waals surface area contributed by atoms with Crippen LogP contribution in [-0.2, 0) is 16.6 Å². The van der Waals surface area contributed by atoms with E-state index in [0.717, 1.165) is 16.9 Å². The van der Waals surface area contributed by atoms with Crippen LogP contribution in [0.1, 0.15) is 23.6 Å². The van der Waals surface area contributed by atoms with Crippen LogP contribution in [0.5, 0.6) is 11.5 Å². The molecule has 2 aromatic carbocycles. The van der Waals surface area contributed by atoms with Gasteiger partial charge in [-0.3, -0.25) is 0 Å². The summed E-state index contributed by atoms with van der Waals surface area (Å²) < 4.78 is 38.5. The normalized spacial score (nSPS) is 11.3. The zero-order valence-corrected chi connectivity index (χ0v) is 15.2. The number of sulfonamides is 1. The second-order valence-electron chi connectivity index (χ2n) is 5.49. The molecule has 0 fully saturated rings. The highest BCUT2D eigenvalue weighted by atomic mass is 32.2. The molecule has 24 heavy (non-hydrogen) atoms. The maximum atomic E-state index is 12.6. The average Bonchev–Trinajstić information content (AvgIpc) is 2.55. The maximum Gasteiger partial charge on any atom is 0.241 e. The van der Waals surface area contributed by atoms with Gasteiger partial charge < -0.3 is 9.47 Å². The smallest absolute Gasteiger partial charge is 0.241 e. The topological polar surface area (TPSA) is 64.6 Å². The van der Waals surface area contributed by atoms with Crippen molar-refractivity contribution in [1.29, 1.82) is 0 Å². The Kier molecular flexibility index (Phi) is 5.85. The molecule has 5 nitrogen and oxygen atoms in total. The van der Waals surface area contributed by atoms with Gasteiger partial charge in [0.25, 0.3) is 0 Å². The fourth-order valence-electron chi connectivity index (χ4n) is 2.44. The Morgan fingerprint density at radius 1 is 1.08 bits per heavy atom. The summed E-state index contributed by atoms with van der Waals surface area (Å²) in [7, 11) is -2.04. The third-order valence-electron chi connectivity index (χ3n) is 3.66. The Morgan fingerprint density at radius 2 is 1.83 bits per heavy atom. The van der Waals surface area contributed by atoms with E-state index >= 15 is 0 Å². The molecule has 2 aromatic rings. The van der Waals surface area contributed by atoms with Crippen LogP contribution in [0.25, 0.3) is 0 Å². The first-order valence-electron chi connectivity index (χ1n) is 7.74. The standard InChI is InChI=1S/C18H23NO4S/c1-5-23-16-8-6-7-15(11-16)12-19-24(20,21)18-10-13(2)17(22-4)9-14(18)3/h6-11,19H,5,12H2,1-4H3. The molecule has 0 atom stereocenters. The first kappa shape index (κ1) is 18.3. The average molecular weight is 349 g/mol. The van der Waals surface area contributed by atoms with Gasteiger partial charge >= 0.3 is 0 Å². The molecule has 0 heterocycles. The maximum absolute atomic E-state index is 12.6. The molecule has 0 unspecified atom stereocenters. The molecule has 6 heteroatoms. The predicted octanol–water partition coefficient (Wildman–Crippen LogP) is 3.19. The number of hydrogen-bond donors (Lipinski definition) is 1.